The summed E-state index contributed by atoms with van der Waals surface area (Å²) in [5.41, 5.74) is 3.14. The van der Waals surface area contributed by atoms with E-state index in [0.29, 0.717) is 22.6 Å². The van der Waals surface area contributed by atoms with Crippen LogP contribution in [0.2, 0.25) is 0 Å². The van der Waals surface area contributed by atoms with Crippen molar-refractivity contribution in [1.29, 1.82) is 0 Å². The SMILES string of the molecule is C=CC(=O)Nc1cccc(Oc2cnc3[nH]cc(-c4ccc(F)c(OC)c4)c3n2)c1. The quantitative estimate of drug-likeness (QED) is 0.455. The summed E-state index contributed by atoms with van der Waals surface area (Å²) in [6.07, 6.45) is 4.42. The first-order chi connectivity index (χ1) is 14.6. The van der Waals surface area contributed by atoms with Crippen molar-refractivity contribution in [1.82, 2.24) is 15.0 Å². The lowest BCUT2D eigenvalue weighted by atomic mass is 10.1. The van der Waals surface area contributed by atoms with Crippen molar-refractivity contribution in [3.05, 3.63) is 73.3 Å². The number of hydrogen-bond donors (Lipinski definition) is 2. The molecule has 2 aromatic carbocycles. The van der Waals surface area contributed by atoms with Gasteiger partial charge in [0, 0.05) is 23.5 Å². The van der Waals surface area contributed by atoms with Gasteiger partial charge in [0.05, 0.1) is 13.3 Å². The molecule has 150 valence electrons. The molecule has 1 amide bonds. The van der Waals surface area contributed by atoms with Crippen molar-refractivity contribution < 1.29 is 18.7 Å². The lowest BCUT2D eigenvalue weighted by molar-refractivity contribution is -0.111. The second kappa shape index (κ2) is 8.04. The van der Waals surface area contributed by atoms with Crippen molar-refractivity contribution >= 4 is 22.8 Å². The molecule has 0 spiro atoms. The second-order valence-electron chi connectivity index (χ2n) is 6.28. The van der Waals surface area contributed by atoms with E-state index in [9.17, 15) is 9.18 Å². The minimum absolute atomic E-state index is 0.139. The van der Waals surface area contributed by atoms with Gasteiger partial charge in [0.15, 0.2) is 17.2 Å². The van der Waals surface area contributed by atoms with Crippen molar-refractivity contribution in [2.24, 2.45) is 0 Å². The number of benzene rings is 2. The van der Waals surface area contributed by atoms with Gasteiger partial charge in [0.2, 0.25) is 11.8 Å². The molecule has 0 aliphatic carbocycles. The molecule has 0 unspecified atom stereocenters. The van der Waals surface area contributed by atoms with Gasteiger partial charge in [-0.2, -0.15) is 0 Å². The van der Waals surface area contributed by atoms with Crippen LogP contribution in [0.15, 0.2) is 67.5 Å². The van der Waals surface area contributed by atoms with E-state index >= 15 is 0 Å². The number of carbonyl (C=O) groups is 1. The maximum atomic E-state index is 13.8. The molecule has 2 aromatic heterocycles. The standard InChI is InChI=1S/C22H17FN4O3/c1-3-19(28)26-14-5-4-6-15(10-14)30-20-12-25-22-21(27-20)16(11-24-22)13-7-8-17(23)18(9-13)29-2/h3-12H,1H2,2H3,(H,24,25)(H,26,28). The summed E-state index contributed by atoms with van der Waals surface area (Å²) in [5.74, 6) is 0.121. The minimum Gasteiger partial charge on any atom is -0.494 e. The van der Waals surface area contributed by atoms with E-state index in [1.165, 1.54) is 25.4 Å². The predicted octanol–water partition coefficient (Wildman–Crippen LogP) is 4.69. The van der Waals surface area contributed by atoms with Crippen LogP contribution >= 0.6 is 0 Å². The topological polar surface area (TPSA) is 89.1 Å². The Morgan fingerprint density at radius 3 is 2.93 bits per heavy atom. The van der Waals surface area contributed by atoms with Crippen LogP contribution in [-0.2, 0) is 4.79 Å². The highest BCUT2D eigenvalue weighted by atomic mass is 19.1. The number of nitrogens with zero attached hydrogens (tertiary/aromatic N) is 2. The van der Waals surface area contributed by atoms with Gasteiger partial charge in [0.25, 0.3) is 0 Å². The van der Waals surface area contributed by atoms with Gasteiger partial charge in [-0.3, -0.25) is 4.79 Å². The number of nitrogens with one attached hydrogen (secondary N) is 2. The number of aromatic nitrogens is 3. The molecule has 0 aliphatic rings. The third-order valence-corrected chi connectivity index (χ3v) is 4.33. The molecular weight excluding hydrogens is 387 g/mol. The number of anilines is 1. The Hall–Kier alpha value is -4.20. The zero-order chi connectivity index (χ0) is 21.1. The van der Waals surface area contributed by atoms with Gasteiger partial charge < -0.3 is 19.8 Å². The Bertz CT molecular complexity index is 1250. The van der Waals surface area contributed by atoms with E-state index in [-0.39, 0.29) is 17.5 Å². The van der Waals surface area contributed by atoms with E-state index in [4.69, 9.17) is 9.47 Å². The Morgan fingerprint density at radius 2 is 2.13 bits per heavy atom. The minimum atomic E-state index is -0.445. The monoisotopic (exact) mass is 404 g/mol. The van der Waals surface area contributed by atoms with Gasteiger partial charge in [-0.1, -0.05) is 18.7 Å². The molecule has 0 saturated heterocycles. The molecule has 0 atom stereocenters. The summed E-state index contributed by atoms with van der Waals surface area (Å²) in [6, 6.07) is 11.4. The van der Waals surface area contributed by atoms with Crippen LogP contribution in [0.4, 0.5) is 10.1 Å². The molecule has 0 radical (unpaired) electrons. The molecule has 30 heavy (non-hydrogen) atoms. The Kier molecular flexibility index (Phi) is 5.13. The first kappa shape index (κ1) is 19.1. The lowest BCUT2D eigenvalue weighted by Gasteiger charge is -2.08. The van der Waals surface area contributed by atoms with Crippen molar-refractivity contribution in [2.45, 2.75) is 0 Å². The Labute approximate surface area is 171 Å². The van der Waals surface area contributed by atoms with Crippen molar-refractivity contribution in [2.75, 3.05) is 12.4 Å². The molecule has 0 aliphatic heterocycles. The largest absolute Gasteiger partial charge is 0.494 e. The molecule has 2 N–H and O–H groups in total. The molecule has 8 heteroatoms. The highest BCUT2D eigenvalue weighted by molar-refractivity contribution is 5.99. The van der Waals surface area contributed by atoms with E-state index in [0.717, 1.165) is 11.1 Å². The smallest absolute Gasteiger partial charge is 0.247 e. The molecule has 0 fully saturated rings. The zero-order valence-electron chi connectivity index (χ0n) is 16.0. The molecule has 4 rings (SSSR count). The van der Waals surface area contributed by atoms with Crippen LogP contribution in [0, 0.1) is 5.82 Å². The van der Waals surface area contributed by atoms with Crippen LogP contribution in [0.5, 0.6) is 17.4 Å². The summed E-state index contributed by atoms with van der Waals surface area (Å²) in [7, 11) is 1.41. The molecule has 2 heterocycles. The van der Waals surface area contributed by atoms with Crippen molar-refractivity contribution in [3.8, 4) is 28.5 Å². The number of rotatable bonds is 6. The first-order valence-electron chi connectivity index (χ1n) is 8.97. The number of hydrogen-bond acceptors (Lipinski definition) is 5. The number of amides is 1. The summed E-state index contributed by atoms with van der Waals surface area (Å²) in [4.78, 5) is 23.4. The predicted molar refractivity (Wildman–Crippen MR) is 111 cm³/mol. The summed E-state index contributed by atoms with van der Waals surface area (Å²) in [5, 5.41) is 2.67. The highest BCUT2D eigenvalue weighted by Crippen LogP contribution is 2.32. The summed E-state index contributed by atoms with van der Waals surface area (Å²) < 4.78 is 24.6. The number of halogens is 1. The molecule has 4 aromatic rings. The van der Waals surface area contributed by atoms with Crippen molar-refractivity contribution in [3.63, 3.8) is 0 Å². The lowest BCUT2D eigenvalue weighted by Crippen LogP contribution is -2.07. The fraction of sp³-hybridized carbons (Fsp3) is 0.0455. The second-order valence-corrected chi connectivity index (χ2v) is 6.28. The van der Waals surface area contributed by atoms with E-state index in [1.54, 1.807) is 42.6 Å². The highest BCUT2D eigenvalue weighted by Gasteiger charge is 2.13. The summed E-state index contributed by atoms with van der Waals surface area (Å²) in [6.45, 7) is 3.43. The van der Waals surface area contributed by atoms with Gasteiger partial charge in [-0.25, -0.2) is 14.4 Å². The van der Waals surface area contributed by atoms with E-state index < -0.39 is 5.82 Å². The Balaban J connectivity index is 1.66. The van der Waals surface area contributed by atoms with Crippen LogP contribution in [-0.4, -0.2) is 28.0 Å². The van der Waals surface area contributed by atoms with Crippen LogP contribution in [0.25, 0.3) is 22.3 Å². The van der Waals surface area contributed by atoms with Crippen LogP contribution in [0.3, 0.4) is 0 Å². The molecule has 7 nitrogen and oxygen atoms in total. The van der Waals surface area contributed by atoms with Gasteiger partial charge in [-0.15, -0.1) is 0 Å². The molecule has 0 bridgehead atoms. The number of methoxy groups -OCH3 is 1. The van der Waals surface area contributed by atoms with E-state index in [2.05, 4.69) is 26.8 Å². The third kappa shape index (κ3) is 3.83. The third-order valence-electron chi connectivity index (χ3n) is 4.33. The zero-order valence-corrected chi connectivity index (χ0v) is 16.0. The normalized spacial score (nSPS) is 10.6. The van der Waals surface area contributed by atoms with Crippen LogP contribution < -0.4 is 14.8 Å². The van der Waals surface area contributed by atoms with Crippen LogP contribution in [0.1, 0.15) is 0 Å². The first-order valence-corrected chi connectivity index (χ1v) is 8.97. The number of carbonyl (C=O) groups excluding carboxylic acids is 1. The fourth-order valence-electron chi connectivity index (χ4n) is 2.92. The fourth-order valence-corrected chi connectivity index (χ4v) is 2.92. The Morgan fingerprint density at radius 1 is 1.27 bits per heavy atom. The summed E-state index contributed by atoms with van der Waals surface area (Å²) >= 11 is 0. The van der Waals surface area contributed by atoms with Gasteiger partial charge >= 0.3 is 0 Å². The van der Waals surface area contributed by atoms with Gasteiger partial charge in [0.1, 0.15) is 11.3 Å². The number of ether oxygens (including phenoxy) is 2. The van der Waals surface area contributed by atoms with E-state index in [1.807, 2.05) is 0 Å². The average Bonchev–Trinajstić information content (AvgIpc) is 3.17. The number of fused-ring (bicyclic) bond motifs is 1. The molecular formula is C22H17FN4O3. The number of H-pyrrole nitrogens is 1. The molecule has 0 saturated carbocycles. The van der Waals surface area contributed by atoms with Gasteiger partial charge in [-0.05, 0) is 35.9 Å². The maximum Gasteiger partial charge on any atom is 0.247 e. The number of aromatic amines is 1. The average molecular weight is 404 g/mol. The maximum absolute atomic E-state index is 13.8.